The molecule has 1 aliphatic rings. The van der Waals surface area contributed by atoms with Crippen LogP contribution < -0.4 is 4.90 Å². The minimum absolute atomic E-state index is 1.10. The number of anilines is 1. The molecule has 0 spiro atoms. The summed E-state index contributed by atoms with van der Waals surface area (Å²) in [6.45, 7) is 10.5. The van der Waals surface area contributed by atoms with Crippen LogP contribution in [0.4, 0.5) is 5.69 Å². The van der Waals surface area contributed by atoms with Crippen molar-refractivity contribution in [2.45, 2.75) is 46.1 Å². The minimum Gasteiger partial charge on any atom is -0.372 e. The largest absolute Gasteiger partial charge is 0.372 e. The van der Waals surface area contributed by atoms with Gasteiger partial charge in [-0.15, -0.1) is 0 Å². The van der Waals surface area contributed by atoms with Crippen LogP contribution in [0.25, 0.3) is 0 Å². The molecule has 0 atom stereocenters. The molecule has 0 bridgehead atoms. The molecule has 0 saturated carbocycles. The minimum atomic E-state index is 1.10. The molecular formula is C17H28N2. The third kappa shape index (κ3) is 4.24. The first-order valence-electron chi connectivity index (χ1n) is 7.89. The summed E-state index contributed by atoms with van der Waals surface area (Å²) in [7, 11) is 0. The molecule has 1 aromatic carbocycles. The van der Waals surface area contributed by atoms with E-state index in [9.17, 15) is 0 Å². The third-order valence-electron chi connectivity index (χ3n) is 3.89. The van der Waals surface area contributed by atoms with Gasteiger partial charge in [-0.25, -0.2) is 0 Å². The standard InChI is InChI=1S/C17H28N2/c1-3-11-18(12-4-2)15-16-7-9-17(10-8-16)19-13-5-6-14-19/h7-10H,3-6,11-15H2,1-2H3. The van der Waals surface area contributed by atoms with E-state index in [1.54, 1.807) is 0 Å². The molecule has 1 aliphatic heterocycles. The Kier molecular flexibility index (Phi) is 5.71. The van der Waals surface area contributed by atoms with Crippen molar-refractivity contribution < 1.29 is 0 Å². The van der Waals surface area contributed by atoms with Crippen molar-refractivity contribution in [1.82, 2.24) is 4.90 Å². The van der Waals surface area contributed by atoms with Crippen LogP contribution in [-0.2, 0) is 6.54 Å². The Balaban J connectivity index is 1.93. The lowest BCUT2D eigenvalue weighted by atomic mass is 10.1. The molecule has 0 N–H and O–H groups in total. The summed E-state index contributed by atoms with van der Waals surface area (Å²) in [6.07, 6.45) is 5.18. The summed E-state index contributed by atoms with van der Waals surface area (Å²) >= 11 is 0. The van der Waals surface area contributed by atoms with E-state index in [1.807, 2.05) is 0 Å². The van der Waals surface area contributed by atoms with Gasteiger partial charge in [0.1, 0.15) is 0 Å². The topological polar surface area (TPSA) is 6.48 Å². The summed E-state index contributed by atoms with van der Waals surface area (Å²) in [5.74, 6) is 0. The third-order valence-corrected chi connectivity index (χ3v) is 3.89. The lowest BCUT2D eigenvalue weighted by Gasteiger charge is -2.22. The first kappa shape index (κ1) is 14.4. The number of nitrogens with zero attached hydrogens (tertiary/aromatic N) is 2. The molecule has 2 rings (SSSR count). The average Bonchev–Trinajstić information content (AvgIpc) is 2.94. The Bertz CT molecular complexity index is 346. The molecule has 1 heterocycles. The highest BCUT2D eigenvalue weighted by Crippen LogP contribution is 2.20. The quantitative estimate of drug-likeness (QED) is 0.733. The van der Waals surface area contributed by atoms with Crippen molar-refractivity contribution >= 4 is 5.69 Å². The number of benzene rings is 1. The number of hydrogen-bond acceptors (Lipinski definition) is 2. The van der Waals surface area contributed by atoms with Crippen molar-refractivity contribution in [3.05, 3.63) is 29.8 Å². The fraction of sp³-hybridized carbons (Fsp3) is 0.647. The highest BCUT2D eigenvalue weighted by Gasteiger charge is 2.12. The van der Waals surface area contributed by atoms with Gasteiger partial charge in [0, 0.05) is 25.3 Å². The molecule has 1 saturated heterocycles. The Morgan fingerprint density at radius 3 is 2.05 bits per heavy atom. The molecule has 0 aliphatic carbocycles. The van der Waals surface area contributed by atoms with Crippen molar-refractivity contribution in [3.8, 4) is 0 Å². The second-order valence-corrected chi connectivity index (χ2v) is 5.64. The van der Waals surface area contributed by atoms with Gasteiger partial charge in [-0.1, -0.05) is 26.0 Å². The normalized spacial score (nSPS) is 15.4. The van der Waals surface area contributed by atoms with Crippen LogP contribution in [0, 0.1) is 0 Å². The highest BCUT2D eigenvalue weighted by molar-refractivity contribution is 5.48. The zero-order valence-corrected chi connectivity index (χ0v) is 12.6. The van der Waals surface area contributed by atoms with Gasteiger partial charge in [-0.3, -0.25) is 4.90 Å². The zero-order valence-electron chi connectivity index (χ0n) is 12.6. The van der Waals surface area contributed by atoms with Crippen LogP contribution in [0.5, 0.6) is 0 Å². The van der Waals surface area contributed by atoms with Crippen LogP contribution >= 0.6 is 0 Å². The van der Waals surface area contributed by atoms with E-state index in [4.69, 9.17) is 0 Å². The smallest absolute Gasteiger partial charge is 0.0366 e. The van der Waals surface area contributed by atoms with Gasteiger partial charge >= 0.3 is 0 Å². The monoisotopic (exact) mass is 260 g/mol. The van der Waals surface area contributed by atoms with Crippen LogP contribution in [-0.4, -0.2) is 31.1 Å². The van der Waals surface area contributed by atoms with E-state index in [2.05, 4.69) is 47.9 Å². The van der Waals surface area contributed by atoms with Gasteiger partial charge in [-0.2, -0.15) is 0 Å². The molecule has 0 radical (unpaired) electrons. The molecule has 1 aromatic rings. The van der Waals surface area contributed by atoms with Crippen molar-refractivity contribution in [3.63, 3.8) is 0 Å². The van der Waals surface area contributed by atoms with Crippen LogP contribution in [0.2, 0.25) is 0 Å². The highest BCUT2D eigenvalue weighted by atomic mass is 15.1. The summed E-state index contributed by atoms with van der Waals surface area (Å²) in [5.41, 5.74) is 2.85. The maximum absolute atomic E-state index is 2.56. The van der Waals surface area contributed by atoms with Gasteiger partial charge in [0.05, 0.1) is 0 Å². The Morgan fingerprint density at radius 1 is 0.947 bits per heavy atom. The fourth-order valence-corrected chi connectivity index (χ4v) is 2.95. The summed E-state index contributed by atoms with van der Waals surface area (Å²) in [5, 5.41) is 0. The van der Waals surface area contributed by atoms with Gasteiger partial charge in [0.2, 0.25) is 0 Å². The maximum Gasteiger partial charge on any atom is 0.0366 e. The van der Waals surface area contributed by atoms with E-state index in [0.717, 1.165) is 6.54 Å². The SMILES string of the molecule is CCCN(CCC)Cc1ccc(N2CCCC2)cc1. The molecular weight excluding hydrogens is 232 g/mol. The zero-order chi connectivity index (χ0) is 13.5. The first-order chi connectivity index (χ1) is 9.33. The van der Waals surface area contributed by atoms with Crippen LogP contribution in [0.3, 0.4) is 0 Å². The molecule has 2 nitrogen and oxygen atoms in total. The second kappa shape index (κ2) is 7.54. The van der Waals surface area contributed by atoms with Gasteiger partial charge in [0.25, 0.3) is 0 Å². The Hall–Kier alpha value is -1.02. The average molecular weight is 260 g/mol. The predicted molar refractivity (Wildman–Crippen MR) is 83.7 cm³/mol. The summed E-state index contributed by atoms with van der Waals surface area (Å²) < 4.78 is 0. The first-order valence-corrected chi connectivity index (χ1v) is 7.89. The molecule has 106 valence electrons. The molecule has 1 fully saturated rings. The molecule has 2 heteroatoms. The van der Waals surface area contributed by atoms with Crippen LogP contribution in [0.15, 0.2) is 24.3 Å². The van der Waals surface area contributed by atoms with E-state index in [-0.39, 0.29) is 0 Å². The van der Waals surface area contributed by atoms with Crippen molar-refractivity contribution in [2.24, 2.45) is 0 Å². The maximum atomic E-state index is 2.56. The van der Waals surface area contributed by atoms with Gasteiger partial charge in [-0.05, 0) is 56.5 Å². The van der Waals surface area contributed by atoms with Gasteiger partial charge < -0.3 is 4.90 Å². The predicted octanol–water partition coefficient (Wildman–Crippen LogP) is 3.91. The summed E-state index contributed by atoms with van der Waals surface area (Å²) in [6, 6.07) is 9.23. The fourth-order valence-electron chi connectivity index (χ4n) is 2.95. The Labute approximate surface area is 118 Å². The van der Waals surface area contributed by atoms with E-state index in [0.29, 0.717) is 0 Å². The number of hydrogen-bond donors (Lipinski definition) is 0. The lowest BCUT2D eigenvalue weighted by Crippen LogP contribution is -2.25. The van der Waals surface area contributed by atoms with Crippen molar-refractivity contribution in [2.75, 3.05) is 31.1 Å². The lowest BCUT2D eigenvalue weighted by molar-refractivity contribution is 0.266. The van der Waals surface area contributed by atoms with Gasteiger partial charge in [0.15, 0.2) is 0 Å². The van der Waals surface area contributed by atoms with Crippen LogP contribution in [0.1, 0.15) is 45.1 Å². The molecule has 0 amide bonds. The van der Waals surface area contributed by atoms with E-state index < -0.39 is 0 Å². The Morgan fingerprint density at radius 2 is 1.53 bits per heavy atom. The van der Waals surface area contributed by atoms with E-state index >= 15 is 0 Å². The number of rotatable bonds is 7. The molecule has 19 heavy (non-hydrogen) atoms. The van der Waals surface area contributed by atoms with Crippen molar-refractivity contribution in [1.29, 1.82) is 0 Å². The second-order valence-electron chi connectivity index (χ2n) is 5.64. The van der Waals surface area contributed by atoms with E-state index in [1.165, 1.54) is 63.1 Å². The molecule has 0 aromatic heterocycles. The molecule has 0 unspecified atom stereocenters. The summed E-state index contributed by atoms with van der Waals surface area (Å²) in [4.78, 5) is 5.06.